The van der Waals surface area contributed by atoms with Crippen LogP contribution in [0.15, 0.2) is 64.4 Å². The van der Waals surface area contributed by atoms with Crippen molar-refractivity contribution in [3.8, 4) is 11.5 Å². The van der Waals surface area contributed by atoms with Gasteiger partial charge in [0.1, 0.15) is 11.5 Å². The molecule has 4 aromatic rings. The summed E-state index contributed by atoms with van der Waals surface area (Å²) in [7, 11) is 4.77. The first-order chi connectivity index (χ1) is 15.9. The van der Waals surface area contributed by atoms with Crippen molar-refractivity contribution in [2.24, 2.45) is 21.1 Å². The van der Waals surface area contributed by atoms with Gasteiger partial charge in [-0.05, 0) is 48.5 Å². The molecule has 34 heavy (non-hydrogen) atoms. The van der Waals surface area contributed by atoms with Crippen LogP contribution in [0.5, 0.6) is 11.5 Å². The number of imidazole rings is 1. The number of carboxylic acids is 2. The number of aryl methyl sites for hydroxylation is 2. The Morgan fingerprint density at radius 1 is 0.735 bits per heavy atom. The summed E-state index contributed by atoms with van der Waals surface area (Å²) in [5, 5.41) is 34.3. The minimum absolute atomic E-state index is 0.0741. The van der Waals surface area contributed by atoms with Gasteiger partial charge in [0.05, 0.1) is 17.5 Å². The second-order valence-corrected chi connectivity index (χ2v) is 6.94. The van der Waals surface area contributed by atoms with Crippen molar-refractivity contribution in [1.82, 2.24) is 18.7 Å². The van der Waals surface area contributed by atoms with Crippen LogP contribution in [-0.2, 0) is 21.1 Å². The highest BCUT2D eigenvalue weighted by Crippen LogP contribution is 2.09. The number of carbonyl (C=O) groups is 2. The Kier molecular flexibility index (Phi) is 7.94. The van der Waals surface area contributed by atoms with Crippen LogP contribution in [0, 0.1) is 0 Å². The molecule has 2 aromatic heterocycles. The normalized spacial score (nSPS) is 9.97. The summed E-state index contributed by atoms with van der Waals surface area (Å²) >= 11 is 0. The van der Waals surface area contributed by atoms with Crippen LogP contribution in [0.1, 0.15) is 20.7 Å². The molecule has 0 unspecified atom stereocenters. The molecule has 178 valence electrons. The molecule has 12 nitrogen and oxygen atoms in total. The van der Waals surface area contributed by atoms with Gasteiger partial charge in [-0.15, -0.1) is 0 Å². The summed E-state index contributed by atoms with van der Waals surface area (Å²) in [6.45, 7) is 0. The lowest BCUT2D eigenvalue weighted by Gasteiger charge is -2.02. The maximum absolute atomic E-state index is 11.7. The Labute approximate surface area is 191 Å². The zero-order valence-electron chi connectivity index (χ0n) is 18.4. The standard InChI is InChI=1S/C8H10N4O2.2C7H6O3/c1-10-4-9-6-5(10)7(13)12(3)8(14)11(6)2;2*8-6-3-1-5(2-4-6)7(9)10/h4H,1-3H3;2*1-4,8H,(H,9,10). The molecule has 2 aromatic carbocycles. The maximum atomic E-state index is 11.7. The van der Waals surface area contributed by atoms with Crippen LogP contribution in [0.2, 0.25) is 0 Å². The molecule has 0 saturated heterocycles. The Bertz CT molecular complexity index is 1380. The molecule has 12 heteroatoms. The number of benzene rings is 2. The van der Waals surface area contributed by atoms with E-state index in [1.54, 1.807) is 18.7 Å². The summed E-state index contributed by atoms with van der Waals surface area (Å²) in [4.78, 5) is 47.6. The predicted molar refractivity (Wildman–Crippen MR) is 121 cm³/mol. The van der Waals surface area contributed by atoms with Crippen molar-refractivity contribution in [2.75, 3.05) is 0 Å². The molecule has 2 heterocycles. The lowest BCUT2D eigenvalue weighted by molar-refractivity contribution is 0.0686. The van der Waals surface area contributed by atoms with Crippen LogP contribution >= 0.6 is 0 Å². The molecular weight excluding hydrogens is 448 g/mol. The smallest absolute Gasteiger partial charge is 0.335 e. The molecule has 0 bridgehead atoms. The molecule has 0 amide bonds. The number of phenols is 2. The minimum atomic E-state index is -0.986. The largest absolute Gasteiger partial charge is 0.508 e. The van der Waals surface area contributed by atoms with Gasteiger partial charge in [-0.2, -0.15) is 0 Å². The van der Waals surface area contributed by atoms with E-state index in [9.17, 15) is 19.2 Å². The quantitative estimate of drug-likeness (QED) is 0.335. The van der Waals surface area contributed by atoms with Crippen molar-refractivity contribution >= 4 is 23.1 Å². The van der Waals surface area contributed by atoms with E-state index in [0.29, 0.717) is 11.2 Å². The average molecular weight is 470 g/mol. The van der Waals surface area contributed by atoms with Crippen molar-refractivity contribution in [3.05, 3.63) is 86.8 Å². The number of aromatic carboxylic acids is 2. The molecule has 4 rings (SSSR count). The summed E-state index contributed by atoms with van der Waals surface area (Å²) < 4.78 is 4.04. The van der Waals surface area contributed by atoms with Crippen molar-refractivity contribution in [3.63, 3.8) is 0 Å². The van der Waals surface area contributed by atoms with E-state index in [1.807, 2.05) is 0 Å². The molecule has 0 aliphatic carbocycles. The number of carboxylic acid groups (broad SMARTS) is 2. The number of phenolic OH excluding ortho intramolecular Hbond substituents is 2. The zero-order chi connectivity index (χ0) is 25.6. The Balaban J connectivity index is 0.000000185. The maximum Gasteiger partial charge on any atom is 0.335 e. The first-order valence-electron chi connectivity index (χ1n) is 9.55. The van der Waals surface area contributed by atoms with Gasteiger partial charge in [-0.25, -0.2) is 19.4 Å². The molecule has 4 N–H and O–H groups in total. The number of fused-ring (bicyclic) bond motifs is 1. The van der Waals surface area contributed by atoms with Crippen LogP contribution < -0.4 is 11.2 Å². The third-order valence-electron chi connectivity index (χ3n) is 4.55. The van der Waals surface area contributed by atoms with Crippen molar-refractivity contribution in [1.29, 1.82) is 0 Å². The van der Waals surface area contributed by atoms with Crippen molar-refractivity contribution in [2.45, 2.75) is 0 Å². The lowest BCUT2D eigenvalue weighted by Crippen LogP contribution is -2.37. The van der Waals surface area contributed by atoms with E-state index in [0.717, 1.165) is 4.57 Å². The van der Waals surface area contributed by atoms with Gasteiger partial charge < -0.3 is 25.0 Å². The molecule has 0 atom stereocenters. The van der Waals surface area contributed by atoms with Gasteiger partial charge >= 0.3 is 17.6 Å². The molecular formula is C22H22N4O8. The molecule has 0 radical (unpaired) electrons. The highest BCUT2D eigenvalue weighted by atomic mass is 16.4. The highest BCUT2D eigenvalue weighted by molar-refractivity contribution is 5.88. The fourth-order valence-corrected chi connectivity index (χ4v) is 2.68. The van der Waals surface area contributed by atoms with E-state index < -0.39 is 11.9 Å². The van der Waals surface area contributed by atoms with Crippen molar-refractivity contribution < 1.29 is 30.0 Å². The van der Waals surface area contributed by atoms with Crippen LogP contribution in [0.25, 0.3) is 11.2 Å². The van der Waals surface area contributed by atoms with Crippen LogP contribution in [0.3, 0.4) is 0 Å². The fraction of sp³-hybridized carbons (Fsp3) is 0.136. The molecule has 0 saturated carbocycles. The monoisotopic (exact) mass is 470 g/mol. The number of aromatic nitrogens is 4. The van der Waals surface area contributed by atoms with Gasteiger partial charge in [-0.1, -0.05) is 0 Å². The van der Waals surface area contributed by atoms with Gasteiger partial charge in [0.15, 0.2) is 11.2 Å². The zero-order valence-corrected chi connectivity index (χ0v) is 18.4. The van der Waals surface area contributed by atoms with Gasteiger partial charge in [0.2, 0.25) is 0 Å². The number of hydrogen-bond donors (Lipinski definition) is 4. The van der Waals surface area contributed by atoms with E-state index >= 15 is 0 Å². The summed E-state index contributed by atoms with van der Waals surface area (Å²) in [5.41, 5.74) is 0.537. The van der Waals surface area contributed by atoms with Crippen LogP contribution in [0.4, 0.5) is 0 Å². The van der Waals surface area contributed by atoms with E-state index in [-0.39, 0.29) is 33.9 Å². The topological polar surface area (TPSA) is 177 Å². The Hall–Kier alpha value is -4.87. The molecule has 0 spiro atoms. The number of nitrogens with zero attached hydrogens (tertiary/aromatic N) is 4. The van der Waals surface area contributed by atoms with Gasteiger partial charge in [-0.3, -0.25) is 13.9 Å². The summed E-state index contributed by atoms with van der Waals surface area (Å²) in [5.74, 6) is -1.82. The fourth-order valence-electron chi connectivity index (χ4n) is 2.68. The highest BCUT2D eigenvalue weighted by Gasteiger charge is 2.11. The Morgan fingerprint density at radius 2 is 1.15 bits per heavy atom. The lowest BCUT2D eigenvalue weighted by atomic mass is 10.2. The predicted octanol–water partition coefficient (Wildman–Crippen LogP) is 1.15. The summed E-state index contributed by atoms with van der Waals surface area (Å²) in [6.07, 6.45) is 1.52. The van der Waals surface area contributed by atoms with Crippen LogP contribution in [-0.4, -0.2) is 51.0 Å². The third-order valence-corrected chi connectivity index (χ3v) is 4.55. The Morgan fingerprint density at radius 3 is 1.53 bits per heavy atom. The SMILES string of the molecule is Cn1c(=O)c2c(ncn2C)n(C)c1=O.O=C(O)c1ccc(O)cc1.O=C(O)c1ccc(O)cc1. The van der Waals surface area contributed by atoms with Gasteiger partial charge in [0.25, 0.3) is 5.56 Å². The minimum Gasteiger partial charge on any atom is -0.508 e. The van der Waals surface area contributed by atoms with E-state index in [2.05, 4.69) is 4.98 Å². The summed E-state index contributed by atoms with van der Waals surface area (Å²) in [6, 6.07) is 10.7. The number of hydrogen-bond acceptors (Lipinski definition) is 7. The number of rotatable bonds is 2. The molecule has 0 fully saturated rings. The first-order valence-corrected chi connectivity index (χ1v) is 9.55. The average Bonchev–Trinajstić information content (AvgIpc) is 3.19. The molecule has 0 aliphatic heterocycles. The second kappa shape index (κ2) is 10.6. The third kappa shape index (κ3) is 5.88. The van der Waals surface area contributed by atoms with E-state index in [1.165, 1.54) is 66.5 Å². The van der Waals surface area contributed by atoms with Gasteiger partial charge in [0, 0.05) is 21.1 Å². The number of aromatic hydroxyl groups is 2. The first kappa shape index (κ1) is 25.4. The van der Waals surface area contributed by atoms with E-state index in [4.69, 9.17) is 20.4 Å². The second-order valence-electron chi connectivity index (χ2n) is 6.94. The molecule has 0 aliphatic rings.